The van der Waals surface area contributed by atoms with Crippen molar-refractivity contribution in [3.05, 3.63) is 35.4 Å². The fourth-order valence-corrected chi connectivity index (χ4v) is 2.39. The van der Waals surface area contributed by atoms with Crippen molar-refractivity contribution in [2.75, 3.05) is 17.5 Å². The number of fused-ring (bicyclic) bond motifs is 1. The van der Waals surface area contributed by atoms with E-state index >= 15 is 0 Å². The molecule has 0 saturated carbocycles. The molecule has 0 spiro atoms. The minimum atomic E-state index is 0.778. The van der Waals surface area contributed by atoms with Crippen LogP contribution in [0.4, 0.5) is 0 Å². The minimum Gasteiger partial charge on any atom is -0.316 e. The molecule has 1 aromatic carbocycles. The highest BCUT2D eigenvalue weighted by atomic mass is 127. The van der Waals surface area contributed by atoms with Gasteiger partial charge < -0.3 is 5.32 Å². The molecule has 1 N–H and O–H groups in total. The van der Waals surface area contributed by atoms with Gasteiger partial charge in [-0.3, -0.25) is 0 Å². The molecule has 0 radical (unpaired) electrons. The van der Waals surface area contributed by atoms with Crippen LogP contribution in [0.15, 0.2) is 24.3 Å². The largest absolute Gasteiger partial charge is 0.316 e. The molecule has 0 fully saturated rings. The predicted octanol–water partition coefficient (Wildman–Crippen LogP) is 2.74. The van der Waals surface area contributed by atoms with E-state index in [2.05, 4.69) is 52.2 Å². The summed E-state index contributed by atoms with van der Waals surface area (Å²) in [6.45, 7) is 2.33. The molecule has 1 atom stereocenters. The van der Waals surface area contributed by atoms with Crippen molar-refractivity contribution in [1.82, 2.24) is 5.32 Å². The minimum absolute atomic E-state index is 0.778. The fraction of sp³-hybridized carbons (Fsp3) is 0.500. The van der Waals surface area contributed by atoms with E-state index in [1.54, 1.807) is 11.1 Å². The van der Waals surface area contributed by atoms with Crippen LogP contribution in [0, 0.1) is 0 Å². The maximum atomic E-state index is 3.52. The van der Waals surface area contributed by atoms with Crippen LogP contribution in [0.2, 0.25) is 0 Å². The van der Waals surface area contributed by atoms with Crippen LogP contribution in [-0.2, 0) is 6.42 Å². The Hall–Kier alpha value is -0.0900. The summed E-state index contributed by atoms with van der Waals surface area (Å²) >= 11 is 2.43. The van der Waals surface area contributed by atoms with E-state index in [0.29, 0.717) is 0 Å². The summed E-state index contributed by atoms with van der Waals surface area (Å²) in [4.78, 5) is 0. The zero-order valence-corrected chi connectivity index (χ0v) is 10.5. The average Bonchev–Trinajstić information content (AvgIpc) is 2.19. The van der Waals surface area contributed by atoms with Crippen molar-refractivity contribution in [1.29, 1.82) is 0 Å². The molecule has 76 valence electrons. The van der Waals surface area contributed by atoms with Crippen molar-refractivity contribution in [2.24, 2.45) is 0 Å². The Balaban J connectivity index is 1.76. The van der Waals surface area contributed by atoms with Gasteiger partial charge in [0, 0.05) is 16.9 Å². The average molecular weight is 301 g/mol. The summed E-state index contributed by atoms with van der Waals surface area (Å²) in [5.74, 6) is 0.778. The zero-order valence-electron chi connectivity index (χ0n) is 8.30. The van der Waals surface area contributed by atoms with E-state index in [1.165, 1.54) is 23.8 Å². The van der Waals surface area contributed by atoms with Crippen molar-refractivity contribution < 1.29 is 0 Å². The van der Waals surface area contributed by atoms with Gasteiger partial charge in [0.25, 0.3) is 0 Å². The maximum Gasteiger partial charge on any atom is 0.00234 e. The summed E-state index contributed by atoms with van der Waals surface area (Å²) in [5.41, 5.74) is 3.11. The maximum absolute atomic E-state index is 3.52. The molecule has 1 aromatic rings. The number of rotatable bonds is 5. The SMILES string of the molecule is ICCCNCC1Cc2ccccc21. The Labute approximate surface area is 99.4 Å². The van der Waals surface area contributed by atoms with Crippen molar-refractivity contribution >= 4 is 22.6 Å². The third-order valence-corrected chi connectivity index (χ3v) is 3.60. The van der Waals surface area contributed by atoms with Gasteiger partial charge in [-0.05, 0) is 30.5 Å². The molecule has 0 aliphatic heterocycles. The molecule has 2 heteroatoms. The summed E-state index contributed by atoms with van der Waals surface area (Å²) in [6.07, 6.45) is 2.56. The first kappa shape index (κ1) is 10.4. The van der Waals surface area contributed by atoms with Crippen LogP contribution in [0.5, 0.6) is 0 Å². The van der Waals surface area contributed by atoms with Crippen LogP contribution < -0.4 is 5.32 Å². The molecular weight excluding hydrogens is 285 g/mol. The fourth-order valence-electron chi connectivity index (χ4n) is 2.01. The Morgan fingerprint density at radius 3 is 3.00 bits per heavy atom. The van der Waals surface area contributed by atoms with Gasteiger partial charge >= 0.3 is 0 Å². The Bertz CT molecular complexity index is 298. The topological polar surface area (TPSA) is 12.0 Å². The van der Waals surface area contributed by atoms with Gasteiger partial charge in [-0.15, -0.1) is 0 Å². The smallest absolute Gasteiger partial charge is 0.00234 e. The van der Waals surface area contributed by atoms with E-state index in [-0.39, 0.29) is 0 Å². The summed E-state index contributed by atoms with van der Waals surface area (Å²) in [6, 6.07) is 8.80. The molecule has 1 aliphatic rings. The van der Waals surface area contributed by atoms with Gasteiger partial charge in [0.05, 0.1) is 0 Å². The molecule has 14 heavy (non-hydrogen) atoms. The highest BCUT2D eigenvalue weighted by Gasteiger charge is 2.24. The molecule has 0 amide bonds. The van der Waals surface area contributed by atoms with Crippen LogP contribution in [0.25, 0.3) is 0 Å². The van der Waals surface area contributed by atoms with E-state index in [9.17, 15) is 0 Å². The number of nitrogens with one attached hydrogen (secondary N) is 1. The highest BCUT2D eigenvalue weighted by Crippen LogP contribution is 2.33. The molecule has 0 heterocycles. The summed E-state index contributed by atoms with van der Waals surface area (Å²) in [5, 5.41) is 3.52. The first-order chi connectivity index (χ1) is 6.92. The molecule has 0 saturated heterocycles. The lowest BCUT2D eigenvalue weighted by Crippen LogP contribution is -2.29. The lowest BCUT2D eigenvalue weighted by molar-refractivity contribution is 0.536. The molecule has 1 aliphatic carbocycles. The van der Waals surface area contributed by atoms with Gasteiger partial charge in [0.1, 0.15) is 0 Å². The molecule has 0 bridgehead atoms. The third-order valence-electron chi connectivity index (χ3n) is 2.84. The van der Waals surface area contributed by atoms with E-state index in [0.717, 1.165) is 12.5 Å². The lowest BCUT2D eigenvalue weighted by Gasteiger charge is -2.30. The zero-order chi connectivity index (χ0) is 9.80. The second kappa shape index (κ2) is 5.12. The first-order valence-electron chi connectivity index (χ1n) is 5.26. The van der Waals surface area contributed by atoms with Crippen molar-refractivity contribution in [3.8, 4) is 0 Å². The number of alkyl halides is 1. The molecule has 1 nitrogen and oxygen atoms in total. The third kappa shape index (κ3) is 2.28. The van der Waals surface area contributed by atoms with Crippen LogP contribution in [0.3, 0.4) is 0 Å². The summed E-state index contributed by atoms with van der Waals surface area (Å²) < 4.78 is 1.26. The highest BCUT2D eigenvalue weighted by molar-refractivity contribution is 14.1. The van der Waals surface area contributed by atoms with Gasteiger partial charge in [0.15, 0.2) is 0 Å². The quantitative estimate of drug-likeness (QED) is 0.501. The number of benzene rings is 1. The molecule has 0 aromatic heterocycles. The van der Waals surface area contributed by atoms with Crippen molar-refractivity contribution in [2.45, 2.75) is 18.8 Å². The standard InChI is InChI=1S/C12H16IN/c13-6-3-7-14-9-11-8-10-4-1-2-5-12(10)11/h1-2,4-5,11,14H,3,6-9H2. The normalized spacial score (nSPS) is 18.8. The number of hydrogen-bond donors (Lipinski definition) is 1. The van der Waals surface area contributed by atoms with Crippen LogP contribution >= 0.6 is 22.6 Å². The van der Waals surface area contributed by atoms with Gasteiger partial charge in [-0.2, -0.15) is 0 Å². The monoisotopic (exact) mass is 301 g/mol. The molecule has 2 rings (SSSR count). The van der Waals surface area contributed by atoms with E-state index < -0.39 is 0 Å². The Morgan fingerprint density at radius 1 is 1.36 bits per heavy atom. The van der Waals surface area contributed by atoms with Gasteiger partial charge in [-0.1, -0.05) is 46.9 Å². The van der Waals surface area contributed by atoms with E-state index in [4.69, 9.17) is 0 Å². The second-order valence-electron chi connectivity index (χ2n) is 3.85. The Kier molecular flexibility index (Phi) is 3.81. The van der Waals surface area contributed by atoms with Gasteiger partial charge in [-0.25, -0.2) is 0 Å². The van der Waals surface area contributed by atoms with E-state index in [1.807, 2.05) is 0 Å². The Morgan fingerprint density at radius 2 is 2.21 bits per heavy atom. The summed E-state index contributed by atoms with van der Waals surface area (Å²) in [7, 11) is 0. The van der Waals surface area contributed by atoms with Crippen LogP contribution in [-0.4, -0.2) is 17.5 Å². The first-order valence-corrected chi connectivity index (χ1v) is 6.79. The lowest BCUT2D eigenvalue weighted by atomic mass is 9.77. The van der Waals surface area contributed by atoms with Crippen molar-refractivity contribution in [3.63, 3.8) is 0 Å². The molecule has 1 unspecified atom stereocenters. The molecular formula is C12H16IN. The van der Waals surface area contributed by atoms with Crippen LogP contribution in [0.1, 0.15) is 23.5 Å². The number of hydrogen-bond acceptors (Lipinski definition) is 1. The van der Waals surface area contributed by atoms with Gasteiger partial charge in [0.2, 0.25) is 0 Å². The second-order valence-corrected chi connectivity index (χ2v) is 4.93. The predicted molar refractivity (Wildman–Crippen MR) is 69.3 cm³/mol. The number of halogens is 1.